The third kappa shape index (κ3) is 4.31. The van der Waals surface area contributed by atoms with Gasteiger partial charge in [-0.3, -0.25) is 0 Å². The van der Waals surface area contributed by atoms with Gasteiger partial charge in [-0.05, 0) is 30.7 Å². The lowest BCUT2D eigenvalue weighted by atomic mass is 10.0. The zero-order valence-electron chi connectivity index (χ0n) is 12.1. The summed E-state index contributed by atoms with van der Waals surface area (Å²) < 4.78 is 5.09. The molecule has 0 heterocycles. The summed E-state index contributed by atoms with van der Waals surface area (Å²) in [6.45, 7) is 7.04. The molecule has 0 aromatic heterocycles. The normalized spacial score (nSPS) is 12.4. The Labute approximate surface area is 111 Å². The number of anilines is 1. The summed E-state index contributed by atoms with van der Waals surface area (Å²) in [5.41, 5.74) is 2.60. The second-order valence-corrected chi connectivity index (χ2v) is 4.52. The van der Waals surface area contributed by atoms with Gasteiger partial charge in [0, 0.05) is 32.4 Å². The fourth-order valence-corrected chi connectivity index (χ4v) is 2.06. The highest BCUT2D eigenvalue weighted by Crippen LogP contribution is 2.20. The maximum atomic E-state index is 5.09. The molecule has 0 aliphatic heterocycles. The van der Waals surface area contributed by atoms with E-state index in [4.69, 9.17) is 4.74 Å². The summed E-state index contributed by atoms with van der Waals surface area (Å²) in [4.78, 5) is 2.21. The molecule has 0 spiro atoms. The van der Waals surface area contributed by atoms with Crippen LogP contribution in [0.5, 0.6) is 0 Å². The summed E-state index contributed by atoms with van der Waals surface area (Å²) in [5.74, 6) is 0. The predicted molar refractivity (Wildman–Crippen MR) is 78.3 cm³/mol. The molecule has 3 heteroatoms. The first-order valence-electron chi connectivity index (χ1n) is 6.76. The first-order valence-corrected chi connectivity index (χ1v) is 6.76. The van der Waals surface area contributed by atoms with Gasteiger partial charge in [0.05, 0.1) is 6.61 Å². The second kappa shape index (κ2) is 8.11. The van der Waals surface area contributed by atoms with Crippen molar-refractivity contribution in [3.05, 3.63) is 29.8 Å². The van der Waals surface area contributed by atoms with Crippen LogP contribution in [0.4, 0.5) is 5.69 Å². The molecule has 0 saturated carbocycles. The van der Waals surface area contributed by atoms with Gasteiger partial charge in [0.2, 0.25) is 0 Å². The molecule has 1 N–H and O–H groups in total. The number of likely N-dealkylation sites (N-methyl/N-ethyl adjacent to an activating group) is 1. The molecular formula is C15H26N2O. The Bertz CT molecular complexity index is 324. The van der Waals surface area contributed by atoms with Crippen molar-refractivity contribution in [2.75, 3.05) is 38.8 Å². The minimum absolute atomic E-state index is 0.466. The summed E-state index contributed by atoms with van der Waals surface area (Å²) in [6, 6.07) is 9.27. The minimum atomic E-state index is 0.466. The molecular weight excluding hydrogens is 224 g/mol. The van der Waals surface area contributed by atoms with Gasteiger partial charge in [-0.1, -0.05) is 26.0 Å². The van der Waals surface area contributed by atoms with E-state index in [0.29, 0.717) is 6.04 Å². The molecule has 18 heavy (non-hydrogen) atoms. The standard InChI is InChI=1S/C15H26N2O/c1-5-15(16-6-2)13-7-9-14(10-8-13)17(3)11-12-18-4/h7-10,15-16H,5-6,11-12H2,1-4H3. The van der Waals surface area contributed by atoms with E-state index in [2.05, 4.69) is 55.4 Å². The smallest absolute Gasteiger partial charge is 0.0637 e. The fourth-order valence-electron chi connectivity index (χ4n) is 2.06. The molecule has 1 unspecified atom stereocenters. The molecule has 0 saturated heterocycles. The van der Waals surface area contributed by atoms with E-state index in [0.717, 1.165) is 26.1 Å². The molecule has 0 amide bonds. The molecule has 0 radical (unpaired) electrons. The SMILES string of the molecule is CCNC(CC)c1ccc(N(C)CCOC)cc1. The molecule has 1 aromatic carbocycles. The molecule has 1 rings (SSSR count). The molecule has 0 fully saturated rings. The highest BCUT2D eigenvalue weighted by Gasteiger charge is 2.08. The van der Waals surface area contributed by atoms with Crippen LogP contribution in [0.3, 0.4) is 0 Å². The number of rotatable bonds is 8. The lowest BCUT2D eigenvalue weighted by Gasteiger charge is -2.21. The van der Waals surface area contributed by atoms with Crippen molar-refractivity contribution in [2.24, 2.45) is 0 Å². The van der Waals surface area contributed by atoms with E-state index in [-0.39, 0.29) is 0 Å². The summed E-state index contributed by atoms with van der Waals surface area (Å²) in [7, 11) is 3.83. The highest BCUT2D eigenvalue weighted by atomic mass is 16.5. The Kier molecular flexibility index (Phi) is 6.76. The summed E-state index contributed by atoms with van der Waals surface area (Å²) >= 11 is 0. The summed E-state index contributed by atoms with van der Waals surface area (Å²) in [5, 5.41) is 3.50. The van der Waals surface area contributed by atoms with Crippen molar-refractivity contribution in [2.45, 2.75) is 26.3 Å². The molecule has 3 nitrogen and oxygen atoms in total. The van der Waals surface area contributed by atoms with Crippen molar-refractivity contribution in [1.82, 2.24) is 5.32 Å². The monoisotopic (exact) mass is 250 g/mol. The second-order valence-electron chi connectivity index (χ2n) is 4.52. The number of nitrogens with one attached hydrogen (secondary N) is 1. The minimum Gasteiger partial charge on any atom is -0.383 e. The van der Waals surface area contributed by atoms with E-state index in [1.54, 1.807) is 7.11 Å². The molecule has 0 bridgehead atoms. The summed E-state index contributed by atoms with van der Waals surface area (Å²) in [6.07, 6.45) is 1.12. The van der Waals surface area contributed by atoms with Crippen LogP contribution in [0.2, 0.25) is 0 Å². The third-order valence-corrected chi connectivity index (χ3v) is 3.23. The van der Waals surface area contributed by atoms with E-state index < -0.39 is 0 Å². The lowest BCUT2D eigenvalue weighted by Crippen LogP contribution is -2.22. The number of methoxy groups -OCH3 is 1. The van der Waals surface area contributed by atoms with Crippen LogP contribution in [-0.2, 0) is 4.74 Å². The zero-order valence-corrected chi connectivity index (χ0v) is 12.1. The Balaban J connectivity index is 2.66. The maximum absolute atomic E-state index is 5.09. The van der Waals surface area contributed by atoms with E-state index in [9.17, 15) is 0 Å². The average molecular weight is 250 g/mol. The van der Waals surface area contributed by atoms with Crippen molar-refractivity contribution in [3.63, 3.8) is 0 Å². The largest absolute Gasteiger partial charge is 0.383 e. The van der Waals surface area contributed by atoms with Crippen LogP contribution in [0, 0.1) is 0 Å². The van der Waals surface area contributed by atoms with Crippen molar-refractivity contribution < 1.29 is 4.74 Å². The van der Waals surface area contributed by atoms with Gasteiger partial charge in [-0.25, -0.2) is 0 Å². The van der Waals surface area contributed by atoms with Gasteiger partial charge >= 0.3 is 0 Å². The Morgan fingerprint density at radius 2 is 1.89 bits per heavy atom. The Hall–Kier alpha value is -1.06. The molecule has 1 aromatic rings. The van der Waals surface area contributed by atoms with Crippen molar-refractivity contribution in [3.8, 4) is 0 Å². The van der Waals surface area contributed by atoms with E-state index in [1.165, 1.54) is 11.3 Å². The van der Waals surface area contributed by atoms with Gasteiger partial charge in [-0.15, -0.1) is 0 Å². The number of hydrogen-bond donors (Lipinski definition) is 1. The third-order valence-electron chi connectivity index (χ3n) is 3.23. The number of benzene rings is 1. The maximum Gasteiger partial charge on any atom is 0.0637 e. The van der Waals surface area contributed by atoms with Crippen molar-refractivity contribution in [1.29, 1.82) is 0 Å². The molecule has 102 valence electrons. The quantitative estimate of drug-likeness (QED) is 0.768. The number of nitrogens with zero attached hydrogens (tertiary/aromatic N) is 1. The van der Waals surface area contributed by atoms with Crippen LogP contribution in [0.1, 0.15) is 31.9 Å². The average Bonchev–Trinajstić information content (AvgIpc) is 2.42. The van der Waals surface area contributed by atoms with Gasteiger partial charge < -0.3 is 15.0 Å². The Morgan fingerprint density at radius 1 is 1.22 bits per heavy atom. The van der Waals surface area contributed by atoms with Crippen LogP contribution >= 0.6 is 0 Å². The van der Waals surface area contributed by atoms with E-state index in [1.807, 2.05) is 0 Å². The molecule has 0 aliphatic rings. The van der Waals surface area contributed by atoms with Crippen LogP contribution < -0.4 is 10.2 Å². The lowest BCUT2D eigenvalue weighted by molar-refractivity contribution is 0.206. The zero-order chi connectivity index (χ0) is 13.4. The van der Waals surface area contributed by atoms with Crippen LogP contribution in [0.15, 0.2) is 24.3 Å². The number of hydrogen-bond acceptors (Lipinski definition) is 3. The van der Waals surface area contributed by atoms with Crippen LogP contribution in [-0.4, -0.2) is 33.9 Å². The topological polar surface area (TPSA) is 24.5 Å². The van der Waals surface area contributed by atoms with Gasteiger partial charge in [0.25, 0.3) is 0 Å². The van der Waals surface area contributed by atoms with Crippen LogP contribution in [0.25, 0.3) is 0 Å². The van der Waals surface area contributed by atoms with Crippen molar-refractivity contribution >= 4 is 5.69 Å². The fraction of sp³-hybridized carbons (Fsp3) is 0.600. The van der Waals surface area contributed by atoms with Gasteiger partial charge in [-0.2, -0.15) is 0 Å². The predicted octanol–water partition coefficient (Wildman–Crippen LogP) is 2.83. The van der Waals surface area contributed by atoms with Gasteiger partial charge in [0.15, 0.2) is 0 Å². The number of ether oxygens (including phenoxy) is 1. The molecule has 0 aliphatic carbocycles. The molecule has 1 atom stereocenters. The highest BCUT2D eigenvalue weighted by molar-refractivity contribution is 5.47. The first kappa shape index (κ1) is 15.0. The van der Waals surface area contributed by atoms with E-state index >= 15 is 0 Å². The van der Waals surface area contributed by atoms with Gasteiger partial charge in [0.1, 0.15) is 0 Å². The Morgan fingerprint density at radius 3 is 2.39 bits per heavy atom. The first-order chi connectivity index (χ1) is 8.72.